The minimum atomic E-state index is -0.270. The number of rotatable bonds is 10. The minimum Gasteiger partial charge on any atom is -0.375 e. The Morgan fingerprint density at radius 3 is 1.84 bits per heavy atom. The topological polar surface area (TPSA) is 17.0 Å². The molecule has 0 amide bonds. The van der Waals surface area contributed by atoms with Gasteiger partial charge in [0.2, 0.25) is 0 Å². The summed E-state index contributed by atoms with van der Waals surface area (Å²) in [6.45, 7) is 11.3. The summed E-state index contributed by atoms with van der Waals surface area (Å²) in [4.78, 5) is 0. The zero-order valence-corrected chi connectivity index (χ0v) is 30.0. The van der Waals surface area contributed by atoms with Crippen LogP contribution < -0.4 is 5.32 Å². The molecule has 7 aromatic rings. The molecule has 0 saturated carbocycles. The lowest BCUT2D eigenvalue weighted by Gasteiger charge is -2.38. The molecule has 2 heteroatoms. The molecule has 2 unspecified atom stereocenters. The number of nitrogens with one attached hydrogen (secondary N) is 1. The van der Waals surface area contributed by atoms with E-state index in [1.165, 1.54) is 55.3 Å². The summed E-state index contributed by atoms with van der Waals surface area (Å²) in [5.74, 6) is 0.372. The summed E-state index contributed by atoms with van der Waals surface area (Å²) >= 11 is 0. The van der Waals surface area contributed by atoms with E-state index in [0.717, 1.165) is 18.5 Å². The van der Waals surface area contributed by atoms with Crippen molar-refractivity contribution in [1.29, 1.82) is 0 Å². The highest BCUT2D eigenvalue weighted by Gasteiger charge is 2.33. The molecule has 0 aliphatic carbocycles. The third-order valence-corrected chi connectivity index (χ3v) is 10.3. The second kappa shape index (κ2) is 13.9. The summed E-state index contributed by atoms with van der Waals surface area (Å²) in [7, 11) is 0. The zero-order chi connectivity index (χ0) is 34.7. The second-order valence-corrected chi connectivity index (χ2v) is 14.8. The number of fused-ring (bicyclic) bond motifs is 3. The Morgan fingerprint density at radius 1 is 0.620 bits per heavy atom. The molecule has 0 aliphatic rings. The average molecular weight is 653 g/mol. The van der Waals surface area contributed by atoms with Gasteiger partial charge in [-0.25, -0.2) is 0 Å². The molecule has 2 atom stereocenters. The first-order valence-electron chi connectivity index (χ1n) is 18.0. The Morgan fingerprint density at radius 2 is 1.20 bits per heavy atom. The van der Waals surface area contributed by atoms with Crippen LogP contribution in [0.4, 0.5) is 5.69 Å². The first kappa shape index (κ1) is 33.2. The van der Waals surface area contributed by atoms with Gasteiger partial charge in [0.1, 0.15) is 0 Å². The van der Waals surface area contributed by atoms with E-state index < -0.39 is 0 Å². The van der Waals surface area contributed by atoms with Gasteiger partial charge in [-0.05, 0) is 107 Å². The second-order valence-electron chi connectivity index (χ2n) is 14.8. The number of allylic oxidation sites excluding steroid dienone is 1. The van der Waals surface area contributed by atoms with Crippen molar-refractivity contribution in [2.24, 2.45) is 0 Å². The van der Waals surface area contributed by atoms with Crippen molar-refractivity contribution in [2.75, 3.05) is 5.32 Å². The molecule has 0 fully saturated rings. The summed E-state index contributed by atoms with van der Waals surface area (Å²) < 4.78 is 2.40. The summed E-state index contributed by atoms with van der Waals surface area (Å²) in [6.07, 6.45) is 6.33. The Labute approximate surface area is 298 Å². The number of aromatic nitrogens is 1. The SMILES string of the molecule is C/C=C\CC(CC(C)c1ccccc1)(Nc1ccc(-c2ccc3c(c2)c2cc(C(C)(C)C)ccc2n3-c2ccccc2)cc1)c1ccccc1. The lowest BCUT2D eigenvalue weighted by atomic mass is 9.77. The number of anilines is 1. The van der Waals surface area contributed by atoms with Crippen LogP contribution in [0.25, 0.3) is 38.6 Å². The van der Waals surface area contributed by atoms with Crippen LogP contribution in [-0.4, -0.2) is 4.57 Å². The average Bonchev–Trinajstić information content (AvgIpc) is 3.48. The zero-order valence-electron chi connectivity index (χ0n) is 30.0. The number of benzene rings is 6. The van der Waals surface area contributed by atoms with E-state index in [2.05, 4.69) is 208 Å². The predicted octanol–water partition coefficient (Wildman–Crippen LogP) is 13.2. The van der Waals surface area contributed by atoms with E-state index in [0.29, 0.717) is 5.92 Å². The molecule has 2 nitrogen and oxygen atoms in total. The molecule has 1 N–H and O–H groups in total. The maximum atomic E-state index is 4.06. The smallest absolute Gasteiger partial charge is 0.0665 e. The number of para-hydroxylation sites is 1. The van der Waals surface area contributed by atoms with Crippen molar-refractivity contribution in [3.8, 4) is 16.8 Å². The van der Waals surface area contributed by atoms with Gasteiger partial charge in [0, 0.05) is 22.1 Å². The molecule has 0 aliphatic heterocycles. The molecule has 0 spiro atoms. The van der Waals surface area contributed by atoms with E-state index in [4.69, 9.17) is 0 Å². The van der Waals surface area contributed by atoms with Crippen LogP contribution in [-0.2, 0) is 11.0 Å². The molecule has 0 bridgehead atoms. The molecule has 7 rings (SSSR count). The van der Waals surface area contributed by atoms with Crippen molar-refractivity contribution in [1.82, 2.24) is 4.57 Å². The molecule has 250 valence electrons. The van der Waals surface area contributed by atoms with E-state index >= 15 is 0 Å². The van der Waals surface area contributed by atoms with Crippen molar-refractivity contribution in [3.63, 3.8) is 0 Å². The van der Waals surface area contributed by atoms with E-state index in [9.17, 15) is 0 Å². The summed E-state index contributed by atoms with van der Waals surface area (Å²) in [5, 5.41) is 6.63. The minimum absolute atomic E-state index is 0.0661. The van der Waals surface area contributed by atoms with Crippen LogP contribution in [0.15, 0.2) is 164 Å². The van der Waals surface area contributed by atoms with Gasteiger partial charge in [0.15, 0.2) is 0 Å². The summed E-state index contributed by atoms with van der Waals surface area (Å²) in [5.41, 5.74) is 11.0. The molecular weight excluding hydrogens is 605 g/mol. The number of hydrogen-bond acceptors (Lipinski definition) is 1. The van der Waals surface area contributed by atoms with Crippen LogP contribution in [0.1, 0.15) is 70.1 Å². The van der Waals surface area contributed by atoms with Gasteiger partial charge >= 0.3 is 0 Å². The largest absolute Gasteiger partial charge is 0.375 e. The fraction of sp³-hybridized carbons (Fsp3) is 0.208. The van der Waals surface area contributed by atoms with Crippen molar-refractivity contribution < 1.29 is 0 Å². The van der Waals surface area contributed by atoms with Gasteiger partial charge in [0.25, 0.3) is 0 Å². The lowest BCUT2D eigenvalue weighted by Crippen LogP contribution is -2.36. The quantitative estimate of drug-likeness (QED) is 0.146. The Hall–Kier alpha value is -5.34. The highest BCUT2D eigenvalue weighted by Crippen LogP contribution is 2.41. The first-order valence-corrected chi connectivity index (χ1v) is 18.0. The highest BCUT2D eigenvalue weighted by atomic mass is 15.0. The fourth-order valence-corrected chi connectivity index (χ4v) is 7.54. The predicted molar refractivity (Wildman–Crippen MR) is 216 cm³/mol. The third kappa shape index (κ3) is 6.63. The van der Waals surface area contributed by atoms with Crippen LogP contribution in [0.3, 0.4) is 0 Å². The number of nitrogens with zero attached hydrogens (tertiary/aromatic N) is 1. The molecule has 0 radical (unpaired) electrons. The molecule has 50 heavy (non-hydrogen) atoms. The first-order chi connectivity index (χ1) is 24.3. The van der Waals surface area contributed by atoms with Gasteiger partial charge in [-0.3, -0.25) is 0 Å². The van der Waals surface area contributed by atoms with Crippen molar-refractivity contribution in [2.45, 2.75) is 64.3 Å². The Balaban J connectivity index is 1.27. The normalized spacial score (nSPS) is 13.9. The molecule has 1 aromatic heterocycles. The monoisotopic (exact) mass is 652 g/mol. The Bertz CT molecular complexity index is 2220. The van der Waals surface area contributed by atoms with Gasteiger partial charge in [-0.1, -0.05) is 143 Å². The van der Waals surface area contributed by atoms with E-state index in [1.54, 1.807) is 0 Å². The van der Waals surface area contributed by atoms with Crippen molar-refractivity contribution in [3.05, 3.63) is 181 Å². The molecule has 0 saturated heterocycles. The standard InChI is InChI=1S/C48H48N2/c1-6-7-31-48(39-19-13-9-14-20-39,34-35(2)36-17-11-8-12-18-36)49-41-27-23-37(24-28-41)38-25-29-45-43(32-38)44-33-40(47(3,4)5)26-30-46(44)50(45)42-21-15-10-16-22-42/h6-30,32-33,35,49H,31,34H2,1-5H3/b7-6-. The van der Waals surface area contributed by atoms with Gasteiger partial charge < -0.3 is 9.88 Å². The Kier molecular flexibility index (Phi) is 9.21. The maximum absolute atomic E-state index is 4.06. The summed E-state index contributed by atoms with van der Waals surface area (Å²) in [6, 6.07) is 55.6. The highest BCUT2D eigenvalue weighted by molar-refractivity contribution is 6.10. The van der Waals surface area contributed by atoms with Gasteiger partial charge in [-0.15, -0.1) is 0 Å². The van der Waals surface area contributed by atoms with Crippen molar-refractivity contribution >= 4 is 27.5 Å². The molecule has 6 aromatic carbocycles. The van der Waals surface area contributed by atoms with Crippen LogP contribution in [0, 0.1) is 0 Å². The fourth-order valence-electron chi connectivity index (χ4n) is 7.54. The molecule has 1 heterocycles. The van der Waals surface area contributed by atoms with Gasteiger partial charge in [-0.2, -0.15) is 0 Å². The van der Waals surface area contributed by atoms with Crippen LogP contribution >= 0.6 is 0 Å². The third-order valence-electron chi connectivity index (χ3n) is 10.3. The van der Waals surface area contributed by atoms with E-state index in [1.807, 2.05) is 0 Å². The maximum Gasteiger partial charge on any atom is 0.0665 e. The molecular formula is C48H48N2. The van der Waals surface area contributed by atoms with Crippen LogP contribution in [0.2, 0.25) is 0 Å². The van der Waals surface area contributed by atoms with Gasteiger partial charge in [0.05, 0.1) is 16.6 Å². The number of hydrogen-bond donors (Lipinski definition) is 1. The van der Waals surface area contributed by atoms with E-state index in [-0.39, 0.29) is 11.0 Å². The van der Waals surface area contributed by atoms with Crippen LogP contribution in [0.5, 0.6) is 0 Å². The lowest BCUT2D eigenvalue weighted by molar-refractivity contribution is 0.418.